The SMILES string of the molecule is CCn1c(SCC(=O)c2cc(C)n(C3CC3)c2C)nnc1-c1ccoc1C. The number of rotatable bonds is 7. The molecule has 27 heavy (non-hydrogen) atoms. The largest absolute Gasteiger partial charge is 0.469 e. The molecule has 4 rings (SSSR count). The van der Waals surface area contributed by atoms with Gasteiger partial charge in [0.15, 0.2) is 16.8 Å². The van der Waals surface area contributed by atoms with Crippen LogP contribution >= 0.6 is 11.8 Å². The van der Waals surface area contributed by atoms with Gasteiger partial charge in [-0.1, -0.05) is 11.8 Å². The van der Waals surface area contributed by atoms with Gasteiger partial charge in [0.2, 0.25) is 0 Å². The lowest BCUT2D eigenvalue weighted by molar-refractivity contribution is 0.102. The zero-order chi connectivity index (χ0) is 19.1. The highest BCUT2D eigenvalue weighted by Gasteiger charge is 2.28. The third-order valence-corrected chi connectivity index (χ3v) is 6.13. The summed E-state index contributed by atoms with van der Waals surface area (Å²) >= 11 is 1.45. The molecule has 1 saturated carbocycles. The van der Waals surface area contributed by atoms with E-state index in [1.54, 1.807) is 6.26 Å². The van der Waals surface area contributed by atoms with Crippen LogP contribution in [0.4, 0.5) is 0 Å². The Bertz CT molecular complexity index is 994. The number of hydrogen-bond acceptors (Lipinski definition) is 5. The zero-order valence-corrected chi connectivity index (χ0v) is 17.0. The van der Waals surface area contributed by atoms with Crippen molar-refractivity contribution in [2.45, 2.75) is 58.3 Å². The number of Topliss-reactive ketones (excluding diaryl/α,β-unsaturated/α-hetero) is 1. The number of aryl methyl sites for hydroxylation is 2. The van der Waals surface area contributed by atoms with Crippen molar-refractivity contribution < 1.29 is 9.21 Å². The van der Waals surface area contributed by atoms with Gasteiger partial charge in [0.25, 0.3) is 0 Å². The standard InChI is InChI=1S/C20H24N4O2S/c1-5-23-19(16-8-9-26-14(16)4)21-22-20(23)27-11-18(25)17-10-12(2)24(13(17)3)15-6-7-15/h8-10,15H,5-7,11H2,1-4H3. The Morgan fingerprint density at radius 3 is 2.70 bits per heavy atom. The van der Waals surface area contributed by atoms with Crippen LogP contribution in [0.1, 0.15) is 53.3 Å². The average Bonchev–Trinajstić information content (AvgIpc) is 3.12. The fourth-order valence-electron chi connectivity index (χ4n) is 3.66. The quantitative estimate of drug-likeness (QED) is 0.440. The molecule has 1 fully saturated rings. The Morgan fingerprint density at radius 2 is 2.07 bits per heavy atom. The van der Waals surface area contributed by atoms with Gasteiger partial charge in [-0.15, -0.1) is 10.2 Å². The lowest BCUT2D eigenvalue weighted by atomic mass is 10.2. The van der Waals surface area contributed by atoms with Crippen LogP contribution in [-0.4, -0.2) is 30.9 Å². The Morgan fingerprint density at radius 1 is 1.30 bits per heavy atom. The minimum atomic E-state index is 0.145. The highest BCUT2D eigenvalue weighted by molar-refractivity contribution is 7.99. The predicted molar refractivity (Wildman–Crippen MR) is 105 cm³/mol. The summed E-state index contributed by atoms with van der Waals surface area (Å²) < 4.78 is 9.73. The van der Waals surface area contributed by atoms with Crippen LogP contribution in [0, 0.1) is 20.8 Å². The number of furan rings is 1. The molecule has 0 aliphatic heterocycles. The monoisotopic (exact) mass is 384 g/mol. The van der Waals surface area contributed by atoms with Crippen LogP contribution < -0.4 is 0 Å². The van der Waals surface area contributed by atoms with E-state index in [0.29, 0.717) is 11.8 Å². The van der Waals surface area contributed by atoms with Gasteiger partial charge in [-0.2, -0.15) is 0 Å². The molecule has 0 spiro atoms. The number of ketones is 1. The Hall–Kier alpha value is -2.28. The van der Waals surface area contributed by atoms with Crippen molar-refractivity contribution in [3.05, 3.63) is 41.1 Å². The maximum Gasteiger partial charge on any atom is 0.191 e. The molecule has 1 aliphatic carbocycles. The number of hydrogen-bond donors (Lipinski definition) is 0. The first-order valence-corrected chi connectivity index (χ1v) is 10.3. The minimum absolute atomic E-state index is 0.145. The first-order valence-electron chi connectivity index (χ1n) is 9.33. The minimum Gasteiger partial charge on any atom is -0.469 e. The molecule has 3 aromatic heterocycles. The molecule has 0 bridgehead atoms. The third kappa shape index (κ3) is 3.25. The molecule has 0 N–H and O–H groups in total. The summed E-state index contributed by atoms with van der Waals surface area (Å²) in [6.45, 7) is 8.84. The van der Waals surface area contributed by atoms with Crippen LogP contribution in [0.5, 0.6) is 0 Å². The summed E-state index contributed by atoms with van der Waals surface area (Å²) in [4.78, 5) is 12.8. The summed E-state index contributed by atoms with van der Waals surface area (Å²) in [5, 5.41) is 9.40. The van der Waals surface area contributed by atoms with E-state index in [4.69, 9.17) is 4.42 Å². The maximum absolute atomic E-state index is 12.8. The first kappa shape index (κ1) is 18.1. The molecule has 0 saturated heterocycles. The van der Waals surface area contributed by atoms with Gasteiger partial charge in [0, 0.05) is 29.5 Å². The molecule has 7 heteroatoms. The van der Waals surface area contributed by atoms with E-state index in [1.165, 1.54) is 30.3 Å². The molecule has 3 heterocycles. The molecule has 0 unspecified atom stereocenters. The molecule has 0 aromatic carbocycles. The number of carbonyl (C=O) groups excluding carboxylic acids is 1. The van der Waals surface area contributed by atoms with Crippen molar-refractivity contribution in [3.8, 4) is 11.4 Å². The van der Waals surface area contributed by atoms with Gasteiger partial charge in [-0.3, -0.25) is 4.79 Å². The fraction of sp³-hybridized carbons (Fsp3) is 0.450. The van der Waals surface area contributed by atoms with Crippen molar-refractivity contribution in [3.63, 3.8) is 0 Å². The summed E-state index contributed by atoms with van der Waals surface area (Å²) in [5.41, 5.74) is 4.04. The second-order valence-corrected chi connectivity index (χ2v) is 7.98. The number of carbonyl (C=O) groups is 1. The van der Waals surface area contributed by atoms with Gasteiger partial charge >= 0.3 is 0 Å². The molecular formula is C20H24N4O2S. The second-order valence-electron chi connectivity index (χ2n) is 7.04. The number of thioether (sulfide) groups is 1. The summed E-state index contributed by atoms with van der Waals surface area (Å²) in [6, 6.07) is 4.52. The molecule has 1 aliphatic rings. The lowest BCUT2D eigenvalue weighted by Gasteiger charge is -2.08. The molecule has 142 valence electrons. The highest BCUT2D eigenvalue weighted by atomic mass is 32.2. The van der Waals surface area contributed by atoms with Crippen LogP contribution in [0.3, 0.4) is 0 Å². The van der Waals surface area contributed by atoms with Crippen LogP contribution in [0.2, 0.25) is 0 Å². The fourth-order valence-corrected chi connectivity index (χ4v) is 4.54. The van der Waals surface area contributed by atoms with E-state index in [-0.39, 0.29) is 5.78 Å². The van der Waals surface area contributed by atoms with Crippen molar-refractivity contribution in [2.75, 3.05) is 5.75 Å². The summed E-state index contributed by atoms with van der Waals surface area (Å²) in [6.07, 6.45) is 4.09. The number of nitrogens with zero attached hydrogens (tertiary/aromatic N) is 4. The second kappa shape index (κ2) is 7.03. The Labute approximate surface area is 163 Å². The van der Waals surface area contributed by atoms with Crippen LogP contribution in [0.15, 0.2) is 28.0 Å². The number of aromatic nitrogens is 4. The van der Waals surface area contributed by atoms with E-state index < -0.39 is 0 Å². The van der Waals surface area contributed by atoms with Crippen molar-refractivity contribution >= 4 is 17.5 Å². The molecule has 3 aromatic rings. The smallest absolute Gasteiger partial charge is 0.191 e. The van der Waals surface area contributed by atoms with Crippen LogP contribution in [-0.2, 0) is 6.54 Å². The molecular weight excluding hydrogens is 360 g/mol. The molecule has 0 atom stereocenters. The van der Waals surface area contributed by atoms with Crippen LogP contribution in [0.25, 0.3) is 11.4 Å². The van der Waals surface area contributed by atoms with E-state index in [2.05, 4.69) is 35.5 Å². The van der Waals surface area contributed by atoms with Gasteiger partial charge < -0.3 is 13.6 Å². The Balaban J connectivity index is 1.52. The lowest BCUT2D eigenvalue weighted by Crippen LogP contribution is -2.07. The zero-order valence-electron chi connectivity index (χ0n) is 16.2. The first-order chi connectivity index (χ1) is 13.0. The van der Waals surface area contributed by atoms with E-state index >= 15 is 0 Å². The van der Waals surface area contributed by atoms with Gasteiger partial charge in [0.05, 0.1) is 17.6 Å². The van der Waals surface area contributed by atoms with E-state index in [1.807, 2.05) is 23.6 Å². The van der Waals surface area contributed by atoms with Crippen molar-refractivity contribution in [1.29, 1.82) is 0 Å². The summed E-state index contributed by atoms with van der Waals surface area (Å²) in [7, 11) is 0. The van der Waals surface area contributed by atoms with Gasteiger partial charge in [0.1, 0.15) is 5.76 Å². The molecule has 6 nitrogen and oxygen atoms in total. The van der Waals surface area contributed by atoms with Gasteiger partial charge in [-0.25, -0.2) is 0 Å². The topological polar surface area (TPSA) is 65.8 Å². The van der Waals surface area contributed by atoms with E-state index in [9.17, 15) is 4.79 Å². The molecule has 0 radical (unpaired) electrons. The normalized spacial score (nSPS) is 14.1. The summed E-state index contributed by atoms with van der Waals surface area (Å²) in [5.74, 6) is 2.10. The van der Waals surface area contributed by atoms with Crippen molar-refractivity contribution in [2.24, 2.45) is 0 Å². The van der Waals surface area contributed by atoms with Gasteiger partial charge in [-0.05, 0) is 52.7 Å². The Kier molecular flexibility index (Phi) is 4.72. The van der Waals surface area contributed by atoms with E-state index in [0.717, 1.165) is 40.1 Å². The van der Waals surface area contributed by atoms with Crippen molar-refractivity contribution in [1.82, 2.24) is 19.3 Å². The average molecular weight is 385 g/mol. The molecule has 0 amide bonds. The predicted octanol–water partition coefficient (Wildman–Crippen LogP) is 4.59. The third-order valence-electron chi connectivity index (χ3n) is 5.16. The maximum atomic E-state index is 12.8. The highest BCUT2D eigenvalue weighted by Crippen LogP contribution is 2.38.